The number of hydrogen-bond donors (Lipinski definition) is 0. The molecule has 0 aromatic heterocycles. The van der Waals surface area contributed by atoms with Gasteiger partial charge in [-0.1, -0.05) is 32.0 Å². The topological polar surface area (TPSA) is 36.0 Å². The van der Waals surface area contributed by atoms with E-state index in [0.29, 0.717) is 5.92 Å². The van der Waals surface area contributed by atoms with Gasteiger partial charge in [0.2, 0.25) is 0 Å². The van der Waals surface area contributed by atoms with E-state index in [2.05, 4.69) is 43.8 Å². The van der Waals surface area contributed by atoms with Crippen LogP contribution in [0.25, 0.3) is 0 Å². The lowest BCUT2D eigenvalue weighted by Gasteiger charge is -2.52. The molecular weight excluding hydrogens is 338 g/mol. The average molecular weight is 374 g/mol. The molecule has 0 aliphatic carbocycles. The molecule has 0 N–H and O–H groups in total. The number of nitrogens with zero attached hydrogens (tertiary/aromatic N) is 3. The number of rotatable bonds is 5. The first-order valence-electron chi connectivity index (χ1n) is 10.3. The molecule has 0 saturated carbocycles. The van der Waals surface area contributed by atoms with Crippen LogP contribution in [0.4, 0.5) is 0 Å². The lowest BCUT2D eigenvalue weighted by molar-refractivity contribution is -0.137. The van der Waals surface area contributed by atoms with Crippen molar-refractivity contribution in [3.05, 3.63) is 29.8 Å². The van der Waals surface area contributed by atoms with Gasteiger partial charge < -0.3 is 14.5 Å². The lowest BCUT2D eigenvalue weighted by atomic mass is 9.84. The zero-order valence-corrected chi connectivity index (χ0v) is 17.4. The molecular formula is C22H35N3O2. The Morgan fingerprint density at radius 2 is 1.85 bits per heavy atom. The fraction of sp³-hybridized carbons (Fsp3) is 0.682. The third-order valence-corrected chi connectivity index (χ3v) is 6.65. The highest BCUT2D eigenvalue weighted by Crippen LogP contribution is 2.32. The van der Waals surface area contributed by atoms with E-state index in [0.717, 1.165) is 57.7 Å². The summed E-state index contributed by atoms with van der Waals surface area (Å²) in [6.07, 6.45) is 3.15. The van der Waals surface area contributed by atoms with Crippen molar-refractivity contribution >= 4 is 5.91 Å². The zero-order chi connectivity index (χ0) is 19.4. The van der Waals surface area contributed by atoms with E-state index in [4.69, 9.17) is 4.74 Å². The quantitative estimate of drug-likeness (QED) is 0.795. The Morgan fingerprint density at radius 1 is 1.15 bits per heavy atom. The molecule has 2 aliphatic rings. The second-order valence-electron chi connectivity index (χ2n) is 8.40. The molecule has 0 unspecified atom stereocenters. The Morgan fingerprint density at radius 3 is 2.56 bits per heavy atom. The summed E-state index contributed by atoms with van der Waals surface area (Å²) in [5.74, 6) is 1.39. The van der Waals surface area contributed by atoms with Gasteiger partial charge >= 0.3 is 0 Å². The fourth-order valence-corrected chi connectivity index (χ4v) is 4.44. The van der Waals surface area contributed by atoms with Crippen LogP contribution >= 0.6 is 0 Å². The molecule has 27 heavy (non-hydrogen) atoms. The van der Waals surface area contributed by atoms with Gasteiger partial charge in [0.05, 0.1) is 0 Å². The monoisotopic (exact) mass is 373 g/mol. The van der Waals surface area contributed by atoms with Crippen LogP contribution in [0.3, 0.4) is 0 Å². The number of likely N-dealkylation sites (tertiary alicyclic amines) is 1. The zero-order valence-electron chi connectivity index (χ0n) is 17.4. The minimum atomic E-state index is 0.107. The SMILES string of the molecule is CC[C@H](C)c1ccccc1OCC(=O)N1CCC2(CC1)CN(C)CCN2C. The minimum absolute atomic E-state index is 0.107. The maximum atomic E-state index is 12.7. The summed E-state index contributed by atoms with van der Waals surface area (Å²) >= 11 is 0. The first kappa shape index (κ1) is 20.2. The standard InChI is InChI=1S/C22H35N3O2/c1-5-18(2)19-8-6-7-9-20(19)27-16-21(26)25-12-10-22(11-13-25)17-23(3)14-15-24(22)4/h6-9,18H,5,10-17H2,1-4H3/t18-/m0/s1. The van der Waals surface area contributed by atoms with Crippen LogP contribution in [-0.2, 0) is 4.79 Å². The summed E-state index contributed by atoms with van der Waals surface area (Å²) < 4.78 is 5.94. The second kappa shape index (κ2) is 8.61. The van der Waals surface area contributed by atoms with Crippen molar-refractivity contribution in [3.8, 4) is 5.75 Å². The summed E-state index contributed by atoms with van der Waals surface area (Å²) in [5.41, 5.74) is 1.42. The number of carbonyl (C=O) groups excluding carboxylic acids is 1. The maximum Gasteiger partial charge on any atom is 0.260 e. The highest BCUT2D eigenvalue weighted by atomic mass is 16.5. The number of piperidine rings is 1. The van der Waals surface area contributed by atoms with Gasteiger partial charge in [0.1, 0.15) is 5.75 Å². The molecule has 3 rings (SSSR count). The number of piperazine rings is 1. The van der Waals surface area contributed by atoms with Gasteiger partial charge in [0.15, 0.2) is 6.61 Å². The van der Waals surface area contributed by atoms with E-state index < -0.39 is 0 Å². The molecule has 0 bridgehead atoms. The third kappa shape index (κ3) is 4.46. The van der Waals surface area contributed by atoms with Gasteiger partial charge in [-0.05, 0) is 50.9 Å². The van der Waals surface area contributed by atoms with Crippen molar-refractivity contribution in [2.24, 2.45) is 0 Å². The van der Waals surface area contributed by atoms with Crippen molar-refractivity contribution < 1.29 is 9.53 Å². The van der Waals surface area contributed by atoms with E-state index in [1.54, 1.807) is 0 Å². The largest absolute Gasteiger partial charge is 0.483 e. The molecule has 2 fully saturated rings. The van der Waals surface area contributed by atoms with Crippen LogP contribution in [0.15, 0.2) is 24.3 Å². The van der Waals surface area contributed by atoms with Gasteiger partial charge in [-0.2, -0.15) is 0 Å². The number of hydrogen-bond acceptors (Lipinski definition) is 4. The Kier molecular flexibility index (Phi) is 6.43. The van der Waals surface area contributed by atoms with Crippen LogP contribution in [0.2, 0.25) is 0 Å². The molecule has 2 saturated heterocycles. The Labute approximate surface area is 164 Å². The van der Waals surface area contributed by atoms with Crippen molar-refractivity contribution in [1.29, 1.82) is 0 Å². The molecule has 150 valence electrons. The summed E-state index contributed by atoms with van der Waals surface area (Å²) in [7, 11) is 4.44. The number of ether oxygens (including phenoxy) is 1. The molecule has 2 heterocycles. The molecule has 1 amide bonds. The first-order valence-corrected chi connectivity index (χ1v) is 10.3. The number of amides is 1. The van der Waals surface area contributed by atoms with Crippen molar-refractivity contribution in [1.82, 2.24) is 14.7 Å². The molecule has 5 nitrogen and oxygen atoms in total. The lowest BCUT2D eigenvalue weighted by Crippen LogP contribution is -2.64. The average Bonchev–Trinajstić information content (AvgIpc) is 2.69. The van der Waals surface area contributed by atoms with E-state index in [1.807, 2.05) is 23.1 Å². The highest BCUT2D eigenvalue weighted by Gasteiger charge is 2.42. The normalized spacial score (nSPS) is 22.0. The molecule has 0 radical (unpaired) electrons. The van der Waals surface area contributed by atoms with Gasteiger partial charge in [-0.15, -0.1) is 0 Å². The second-order valence-corrected chi connectivity index (χ2v) is 8.40. The predicted molar refractivity (Wildman–Crippen MR) is 109 cm³/mol. The van der Waals surface area contributed by atoms with Crippen LogP contribution < -0.4 is 4.74 Å². The maximum absolute atomic E-state index is 12.7. The van der Waals surface area contributed by atoms with Gasteiger partial charge in [0, 0.05) is 38.3 Å². The Bertz CT molecular complexity index is 640. The molecule has 1 aromatic rings. The van der Waals surface area contributed by atoms with E-state index in [-0.39, 0.29) is 18.1 Å². The van der Waals surface area contributed by atoms with Crippen LogP contribution in [0, 0.1) is 0 Å². The predicted octanol–water partition coefficient (Wildman–Crippen LogP) is 2.82. The summed E-state index contributed by atoms with van der Waals surface area (Å²) in [6, 6.07) is 8.10. The van der Waals surface area contributed by atoms with Crippen LogP contribution in [0.5, 0.6) is 5.75 Å². The van der Waals surface area contributed by atoms with Crippen molar-refractivity contribution in [2.45, 2.75) is 44.6 Å². The summed E-state index contributed by atoms with van der Waals surface area (Å²) in [5, 5.41) is 0. The van der Waals surface area contributed by atoms with Crippen molar-refractivity contribution in [3.63, 3.8) is 0 Å². The Balaban J connectivity index is 1.55. The molecule has 1 aromatic carbocycles. The first-order chi connectivity index (χ1) is 12.9. The minimum Gasteiger partial charge on any atom is -0.483 e. The van der Waals surface area contributed by atoms with Gasteiger partial charge in [-0.3, -0.25) is 9.69 Å². The third-order valence-electron chi connectivity index (χ3n) is 6.65. The molecule has 5 heteroatoms. The molecule has 1 spiro atoms. The van der Waals surface area contributed by atoms with E-state index >= 15 is 0 Å². The molecule has 1 atom stereocenters. The highest BCUT2D eigenvalue weighted by molar-refractivity contribution is 5.78. The van der Waals surface area contributed by atoms with Crippen LogP contribution in [-0.4, -0.2) is 79.6 Å². The summed E-state index contributed by atoms with van der Waals surface area (Å²) in [6.45, 7) is 9.51. The number of likely N-dealkylation sites (N-methyl/N-ethyl adjacent to an activating group) is 2. The fourth-order valence-electron chi connectivity index (χ4n) is 4.44. The number of carbonyl (C=O) groups is 1. The number of para-hydroxylation sites is 1. The van der Waals surface area contributed by atoms with E-state index in [1.165, 1.54) is 5.56 Å². The van der Waals surface area contributed by atoms with Crippen molar-refractivity contribution in [2.75, 3.05) is 53.4 Å². The number of benzene rings is 1. The smallest absolute Gasteiger partial charge is 0.260 e. The molecule has 2 aliphatic heterocycles. The Hall–Kier alpha value is -1.59. The van der Waals surface area contributed by atoms with Crippen LogP contribution in [0.1, 0.15) is 44.6 Å². The van der Waals surface area contributed by atoms with E-state index in [9.17, 15) is 4.79 Å². The summed E-state index contributed by atoms with van der Waals surface area (Å²) in [4.78, 5) is 19.6. The van der Waals surface area contributed by atoms with Gasteiger partial charge in [-0.25, -0.2) is 0 Å². The van der Waals surface area contributed by atoms with Gasteiger partial charge in [0.25, 0.3) is 5.91 Å².